The molecule has 0 aliphatic carbocycles. The van der Waals surface area contributed by atoms with Gasteiger partial charge in [-0.25, -0.2) is 0 Å². The molecule has 0 heterocycles. The van der Waals surface area contributed by atoms with Gasteiger partial charge < -0.3 is 9.84 Å². The summed E-state index contributed by atoms with van der Waals surface area (Å²) in [7, 11) is 1.55. The molecule has 1 aromatic rings. The summed E-state index contributed by atoms with van der Waals surface area (Å²) in [6.07, 6.45) is 7.83. The number of ether oxygens (including phenoxy) is 1. The van der Waals surface area contributed by atoms with E-state index in [1.54, 1.807) is 13.2 Å². The first-order valence-corrected chi connectivity index (χ1v) is 4.89. The summed E-state index contributed by atoms with van der Waals surface area (Å²) in [5.41, 5.74) is 2.01. The number of rotatable bonds is 3. The molecule has 2 nitrogen and oxygen atoms in total. The zero-order valence-electron chi connectivity index (χ0n) is 9.32. The Hall–Kier alpha value is -1.70. The lowest BCUT2D eigenvalue weighted by Gasteiger charge is -2.07. The van der Waals surface area contributed by atoms with Gasteiger partial charge in [-0.05, 0) is 37.1 Å². The number of phenols is 1. The van der Waals surface area contributed by atoms with Crippen LogP contribution in [-0.4, -0.2) is 12.2 Å². The average molecular weight is 204 g/mol. The van der Waals surface area contributed by atoms with Crippen LogP contribution < -0.4 is 4.74 Å². The summed E-state index contributed by atoms with van der Waals surface area (Å²) in [6.45, 7) is 3.90. The molecule has 0 fully saturated rings. The van der Waals surface area contributed by atoms with Crippen molar-refractivity contribution in [2.75, 3.05) is 7.11 Å². The quantitative estimate of drug-likeness (QED) is 0.816. The Labute approximate surface area is 90.5 Å². The number of hydrogen-bond donors (Lipinski definition) is 1. The summed E-state index contributed by atoms with van der Waals surface area (Å²) in [4.78, 5) is 0. The van der Waals surface area contributed by atoms with Crippen LogP contribution in [0.1, 0.15) is 25.0 Å². The standard InChI is InChI=1S/C13H16O2/c1-4-6-10-8-12(14)13(15-3)9-11(10)7-5-2/h4-9,14H,1-3H3/b6-4?,7-5+. The molecule has 0 unspecified atom stereocenters. The Kier molecular flexibility index (Phi) is 3.98. The monoisotopic (exact) mass is 204 g/mol. The molecule has 0 aliphatic rings. The minimum absolute atomic E-state index is 0.166. The fourth-order valence-electron chi connectivity index (χ4n) is 1.41. The van der Waals surface area contributed by atoms with Gasteiger partial charge >= 0.3 is 0 Å². The van der Waals surface area contributed by atoms with Crippen molar-refractivity contribution in [1.29, 1.82) is 0 Å². The van der Waals surface area contributed by atoms with Crippen molar-refractivity contribution in [3.8, 4) is 11.5 Å². The van der Waals surface area contributed by atoms with Crippen molar-refractivity contribution in [3.63, 3.8) is 0 Å². The first-order valence-electron chi connectivity index (χ1n) is 4.89. The largest absolute Gasteiger partial charge is 0.504 e. The molecule has 0 atom stereocenters. The molecule has 80 valence electrons. The van der Waals surface area contributed by atoms with Gasteiger partial charge in [0, 0.05) is 0 Å². The lowest BCUT2D eigenvalue weighted by Crippen LogP contribution is -1.87. The predicted molar refractivity (Wildman–Crippen MR) is 64.1 cm³/mol. The molecule has 2 heteroatoms. The first-order chi connectivity index (χ1) is 7.22. The van der Waals surface area contributed by atoms with E-state index < -0.39 is 0 Å². The van der Waals surface area contributed by atoms with Crippen molar-refractivity contribution >= 4 is 12.2 Å². The molecule has 0 aliphatic heterocycles. The lowest BCUT2D eigenvalue weighted by atomic mass is 10.1. The van der Waals surface area contributed by atoms with Crippen LogP contribution in [-0.2, 0) is 0 Å². The maximum Gasteiger partial charge on any atom is 0.161 e. The normalized spacial score (nSPS) is 11.4. The lowest BCUT2D eigenvalue weighted by molar-refractivity contribution is 0.373. The van der Waals surface area contributed by atoms with Crippen molar-refractivity contribution in [2.24, 2.45) is 0 Å². The fourth-order valence-corrected chi connectivity index (χ4v) is 1.41. The number of aromatic hydroxyl groups is 1. The Bertz CT molecular complexity index is 390. The van der Waals surface area contributed by atoms with E-state index >= 15 is 0 Å². The van der Waals surface area contributed by atoms with E-state index in [2.05, 4.69) is 0 Å². The van der Waals surface area contributed by atoms with Crippen LogP contribution in [0.15, 0.2) is 24.3 Å². The molecular weight excluding hydrogens is 188 g/mol. The Morgan fingerprint density at radius 3 is 2.07 bits per heavy atom. The van der Waals surface area contributed by atoms with Crippen LogP contribution in [0, 0.1) is 0 Å². The molecular formula is C13H16O2. The summed E-state index contributed by atoms with van der Waals surface area (Å²) in [6, 6.07) is 3.53. The highest BCUT2D eigenvalue weighted by Gasteiger charge is 2.05. The minimum Gasteiger partial charge on any atom is -0.504 e. The van der Waals surface area contributed by atoms with Gasteiger partial charge in [-0.15, -0.1) is 0 Å². The van der Waals surface area contributed by atoms with E-state index in [0.717, 1.165) is 11.1 Å². The minimum atomic E-state index is 0.166. The topological polar surface area (TPSA) is 29.5 Å². The molecule has 0 radical (unpaired) electrons. The number of benzene rings is 1. The second-order valence-electron chi connectivity index (χ2n) is 3.15. The molecule has 0 bridgehead atoms. The number of allylic oxidation sites excluding steroid dienone is 2. The molecule has 0 saturated heterocycles. The molecule has 15 heavy (non-hydrogen) atoms. The molecule has 1 rings (SSSR count). The van der Waals surface area contributed by atoms with E-state index in [1.807, 2.05) is 44.2 Å². The third-order valence-electron chi connectivity index (χ3n) is 2.08. The van der Waals surface area contributed by atoms with Gasteiger partial charge in [0.15, 0.2) is 11.5 Å². The zero-order chi connectivity index (χ0) is 11.3. The van der Waals surface area contributed by atoms with Crippen LogP contribution in [0.3, 0.4) is 0 Å². The van der Waals surface area contributed by atoms with Crippen LogP contribution >= 0.6 is 0 Å². The van der Waals surface area contributed by atoms with Gasteiger partial charge in [0.25, 0.3) is 0 Å². The second-order valence-corrected chi connectivity index (χ2v) is 3.15. The van der Waals surface area contributed by atoms with Crippen molar-refractivity contribution in [3.05, 3.63) is 35.4 Å². The van der Waals surface area contributed by atoms with Gasteiger partial charge in [-0.2, -0.15) is 0 Å². The van der Waals surface area contributed by atoms with Gasteiger partial charge in [-0.3, -0.25) is 0 Å². The fraction of sp³-hybridized carbons (Fsp3) is 0.231. The van der Waals surface area contributed by atoms with Crippen LogP contribution in [0.2, 0.25) is 0 Å². The third-order valence-corrected chi connectivity index (χ3v) is 2.08. The predicted octanol–water partition coefficient (Wildman–Crippen LogP) is 3.47. The maximum atomic E-state index is 9.63. The highest BCUT2D eigenvalue weighted by atomic mass is 16.5. The number of hydrogen-bond acceptors (Lipinski definition) is 2. The van der Waals surface area contributed by atoms with Gasteiger partial charge in [0.1, 0.15) is 0 Å². The first kappa shape index (κ1) is 11.4. The highest BCUT2D eigenvalue weighted by molar-refractivity contribution is 5.69. The molecule has 0 aromatic heterocycles. The molecule has 0 amide bonds. The van der Waals surface area contributed by atoms with E-state index in [9.17, 15) is 5.11 Å². The van der Waals surface area contributed by atoms with Crippen LogP contribution in [0.5, 0.6) is 11.5 Å². The summed E-state index contributed by atoms with van der Waals surface area (Å²) < 4.78 is 5.06. The second kappa shape index (κ2) is 5.25. The Morgan fingerprint density at radius 1 is 1.07 bits per heavy atom. The van der Waals surface area contributed by atoms with E-state index in [-0.39, 0.29) is 5.75 Å². The summed E-state index contributed by atoms with van der Waals surface area (Å²) >= 11 is 0. The third kappa shape index (κ3) is 2.62. The van der Waals surface area contributed by atoms with E-state index in [0.29, 0.717) is 5.75 Å². The molecule has 1 aromatic carbocycles. The summed E-state index contributed by atoms with van der Waals surface area (Å²) in [5.74, 6) is 0.662. The van der Waals surface area contributed by atoms with Gasteiger partial charge in [-0.1, -0.05) is 24.3 Å². The van der Waals surface area contributed by atoms with E-state index in [1.165, 1.54) is 0 Å². The molecule has 0 spiro atoms. The Balaban J connectivity index is 3.31. The van der Waals surface area contributed by atoms with Crippen LogP contribution in [0.4, 0.5) is 0 Å². The smallest absolute Gasteiger partial charge is 0.161 e. The van der Waals surface area contributed by atoms with E-state index in [4.69, 9.17) is 4.74 Å². The highest BCUT2D eigenvalue weighted by Crippen LogP contribution is 2.30. The number of phenolic OH excluding ortho intramolecular Hbond substituents is 1. The SMILES string of the molecule is CC=Cc1cc(O)c(OC)cc1/C=C/C. The Morgan fingerprint density at radius 2 is 1.60 bits per heavy atom. The molecule has 1 N–H and O–H groups in total. The van der Waals surface area contributed by atoms with Crippen molar-refractivity contribution < 1.29 is 9.84 Å². The maximum absolute atomic E-state index is 9.63. The average Bonchev–Trinajstić information content (AvgIpc) is 2.22. The van der Waals surface area contributed by atoms with Gasteiger partial charge in [0.2, 0.25) is 0 Å². The van der Waals surface area contributed by atoms with Crippen LogP contribution in [0.25, 0.3) is 12.2 Å². The zero-order valence-corrected chi connectivity index (χ0v) is 9.32. The van der Waals surface area contributed by atoms with Crippen molar-refractivity contribution in [1.82, 2.24) is 0 Å². The summed E-state index contributed by atoms with van der Waals surface area (Å²) in [5, 5.41) is 9.63. The van der Waals surface area contributed by atoms with Crippen molar-refractivity contribution in [2.45, 2.75) is 13.8 Å². The van der Waals surface area contributed by atoms with Gasteiger partial charge in [0.05, 0.1) is 7.11 Å². The molecule has 0 saturated carbocycles. The number of methoxy groups -OCH3 is 1.